The highest BCUT2D eigenvalue weighted by Crippen LogP contribution is 2.24. The summed E-state index contributed by atoms with van der Waals surface area (Å²) in [7, 11) is -1.90. The minimum atomic E-state index is -3.70. The van der Waals surface area contributed by atoms with E-state index in [0.29, 0.717) is 11.3 Å². The van der Waals surface area contributed by atoms with Gasteiger partial charge in [0.25, 0.3) is 0 Å². The molecule has 0 saturated heterocycles. The van der Waals surface area contributed by atoms with Crippen LogP contribution < -0.4 is 5.14 Å². The lowest BCUT2D eigenvalue weighted by molar-refractivity contribution is 0.606. The number of rotatable bonds is 3. The molecule has 0 aromatic carbocycles. The van der Waals surface area contributed by atoms with E-state index in [0.717, 1.165) is 22.3 Å². The highest BCUT2D eigenvalue weighted by Gasteiger charge is 2.15. The zero-order chi connectivity index (χ0) is 15.9. The van der Waals surface area contributed by atoms with Gasteiger partial charge in [-0.15, -0.1) is 0 Å². The topological polar surface area (TPSA) is 95.8 Å². The van der Waals surface area contributed by atoms with Crippen LogP contribution in [0.25, 0.3) is 22.9 Å². The molecular weight excluding hydrogens is 302 g/mol. The number of hydrogen-bond donors (Lipinski definition) is 1. The van der Waals surface area contributed by atoms with Crippen molar-refractivity contribution in [3.63, 3.8) is 0 Å². The van der Waals surface area contributed by atoms with Gasteiger partial charge < -0.3 is 0 Å². The number of sulfonamides is 1. The summed E-state index contributed by atoms with van der Waals surface area (Å²) in [5, 5.41) is 11.4. The molecule has 0 amide bonds. The number of hydrogen-bond acceptors (Lipinski definition) is 4. The number of aryl methyl sites for hydroxylation is 2. The molecule has 0 fully saturated rings. The molecule has 8 heteroatoms. The number of nitrogens with two attached hydrogens (primary N) is 1. The number of primary sulfonamides is 1. The van der Waals surface area contributed by atoms with Gasteiger partial charge in [-0.2, -0.15) is 5.10 Å². The summed E-state index contributed by atoms with van der Waals surface area (Å²) in [6.45, 7) is 1.81. The minimum Gasteiger partial charge on any atom is -0.285 e. The lowest BCUT2D eigenvalue weighted by Crippen LogP contribution is -2.07. The van der Waals surface area contributed by atoms with Gasteiger partial charge in [0.2, 0.25) is 10.0 Å². The van der Waals surface area contributed by atoms with Crippen molar-refractivity contribution in [2.75, 3.05) is 0 Å². The van der Waals surface area contributed by atoms with Crippen LogP contribution in [0.5, 0.6) is 0 Å². The molecule has 0 atom stereocenters. The van der Waals surface area contributed by atoms with Gasteiger partial charge >= 0.3 is 0 Å². The van der Waals surface area contributed by atoms with Crippen molar-refractivity contribution < 1.29 is 8.42 Å². The Morgan fingerprint density at radius 1 is 1.32 bits per heavy atom. The largest absolute Gasteiger partial charge is 0.285 e. The van der Waals surface area contributed by atoms with Crippen molar-refractivity contribution in [3.05, 3.63) is 47.3 Å². The minimum absolute atomic E-state index is 0.680. The molecule has 0 radical (unpaired) electrons. The molecule has 3 aromatic rings. The predicted octanol–water partition coefficient (Wildman–Crippen LogP) is 1.33. The molecule has 2 N–H and O–H groups in total. The van der Waals surface area contributed by atoms with Crippen LogP contribution in [0.1, 0.15) is 11.3 Å². The molecule has 7 nitrogen and oxygen atoms in total. The molecule has 0 saturated carbocycles. The molecule has 3 heterocycles. The molecule has 0 unspecified atom stereocenters. The molecule has 3 aromatic heterocycles. The average Bonchev–Trinajstić information content (AvgIpc) is 2.96. The number of fused-ring (bicyclic) bond motifs is 1. The number of aromatic nitrogens is 4. The Kier molecular flexibility index (Phi) is 3.34. The average molecular weight is 317 g/mol. The highest BCUT2D eigenvalue weighted by atomic mass is 32.2. The molecule has 0 spiro atoms. The number of pyridine rings is 1. The van der Waals surface area contributed by atoms with Crippen molar-refractivity contribution in [1.29, 1.82) is 0 Å². The van der Waals surface area contributed by atoms with Gasteiger partial charge in [0.1, 0.15) is 11.5 Å². The normalized spacial score (nSPS) is 12.5. The van der Waals surface area contributed by atoms with Crippen molar-refractivity contribution in [2.24, 2.45) is 12.2 Å². The summed E-state index contributed by atoms with van der Waals surface area (Å²) in [6.07, 6.45) is 5.05. The standard InChI is InChI=1S/C14H15N5O2S/c1-10-12(6-9-22(15,20)21)14(18(2)17-10)19-8-5-11-4-3-7-16-13(11)19/h3-9H,1-2H3,(H2,15,20,21)/b9-6+. The summed E-state index contributed by atoms with van der Waals surface area (Å²) >= 11 is 0. The van der Waals surface area contributed by atoms with Crippen LogP contribution in [0.2, 0.25) is 0 Å². The monoisotopic (exact) mass is 317 g/mol. The van der Waals surface area contributed by atoms with Crippen LogP contribution in [0.15, 0.2) is 36.0 Å². The summed E-state index contributed by atoms with van der Waals surface area (Å²) < 4.78 is 25.9. The zero-order valence-electron chi connectivity index (χ0n) is 12.1. The third kappa shape index (κ3) is 2.53. The van der Waals surface area contributed by atoms with Gasteiger partial charge in [-0.1, -0.05) is 0 Å². The fraction of sp³-hybridized carbons (Fsp3) is 0.143. The maximum atomic E-state index is 11.2. The van der Waals surface area contributed by atoms with Gasteiger partial charge in [-0.3, -0.25) is 9.25 Å². The fourth-order valence-electron chi connectivity index (χ4n) is 2.44. The third-order valence-corrected chi connectivity index (χ3v) is 3.85. The Balaban J connectivity index is 2.25. The Labute approximate surface area is 127 Å². The summed E-state index contributed by atoms with van der Waals surface area (Å²) in [5.74, 6) is 0.728. The van der Waals surface area contributed by atoms with Crippen molar-refractivity contribution >= 4 is 27.1 Å². The van der Waals surface area contributed by atoms with Crippen molar-refractivity contribution in [3.8, 4) is 5.82 Å². The van der Waals surface area contributed by atoms with E-state index in [9.17, 15) is 8.42 Å². The van der Waals surface area contributed by atoms with E-state index >= 15 is 0 Å². The molecule has 22 heavy (non-hydrogen) atoms. The van der Waals surface area contributed by atoms with Gasteiger partial charge in [-0.05, 0) is 31.2 Å². The van der Waals surface area contributed by atoms with E-state index in [-0.39, 0.29) is 0 Å². The first-order valence-corrected chi connectivity index (χ1v) is 8.15. The SMILES string of the molecule is Cc1nn(C)c(-n2ccc3cccnc32)c1/C=C/S(N)(=O)=O. The van der Waals surface area contributed by atoms with Crippen LogP contribution in [-0.2, 0) is 17.1 Å². The second-order valence-corrected chi connectivity index (χ2v) is 6.39. The quantitative estimate of drug-likeness (QED) is 0.788. The maximum Gasteiger partial charge on any atom is 0.231 e. The lowest BCUT2D eigenvalue weighted by atomic mass is 10.2. The zero-order valence-corrected chi connectivity index (χ0v) is 12.9. The molecule has 0 aliphatic carbocycles. The van der Waals surface area contributed by atoms with Crippen LogP contribution in [0.4, 0.5) is 0 Å². The highest BCUT2D eigenvalue weighted by molar-refractivity contribution is 7.92. The molecular formula is C14H15N5O2S. The van der Waals surface area contributed by atoms with Crippen molar-refractivity contribution in [2.45, 2.75) is 6.92 Å². The van der Waals surface area contributed by atoms with Gasteiger partial charge in [0.15, 0.2) is 0 Å². The first-order chi connectivity index (χ1) is 10.4. The predicted molar refractivity (Wildman–Crippen MR) is 84.7 cm³/mol. The molecule has 3 rings (SSSR count). The van der Waals surface area contributed by atoms with Crippen LogP contribution in [0.3, 0.4) is 0 Å². The van der Waals surface area contributed by atoms with E-state index < -0.39 is 10.0 Å². The molecule has 114 valence electrons. The molecule has 0 aliphatic rings. The first kappa shape index (κ1) is 14.5. The van der Waals surface area contributed by atoms with Crippen molar-refractivity contribution in [1.82, 2.24) is 19.3 Å². The summed E-state index contributed by atoms with van der Waals surface area (Å²) in [4.78, 5) is 4.37. The number of nitrogens with zero attached hydrogens (tertiary/aromatic N) is 4. The maximum absolute atomic E-state index is 11.2. The van der Waals surface area contributed by atoms with E-state index in [1.165, 1.54) is 6.08 Å². The Hall–Kier alpha value is -2.45. The second-order valence-electron chi connectivity index (χ2n) is 4.94. The molecule has 0 bridgehead atoms. The Morgan fingerprint density at radius 2 is 2.09 bits per heavy atom. The van der Waals surface area contributed by atoms with E-state index in [1.807, 2.05) is 35.9 Å². The van der Waals surface area contributed by atoms with E-state index in [2.05, 4.69) is 10.1 Å². The summed E-state index contributed by atoms with van der Waals surface area (Å²) in [5.41, 5.74) is 2.16. The lowest BCUT2D eigenvalue weighted by Gasteiger charge is -2.06. The van der Waals surface area contributed by atoms with Crippen LogP contribution in [-0.4, -0.2) is 27.7 Å². The smallest absolute Gasteiger partial charge is 0.231 e. The van der Waals surface area contributed by atoms with Crippen LogP contribution >= 0.6 is 0 Å². The van der Waals surface area contributed by atoms with Gasteiger partial charge in [0.05, 0.1) is 5.69 Å². The Morgan fingerprint density at radius 3 is 2.82 bits per heavy atom. The first-order valence-electron chi connectivity index (χ1n) is 6.54. The van der Waals surface area contributed by atoms with Gasteiger partial charge in [0, 0.05) is 35.8 Å². The molecule has 0 aliphatic heterocycles. The van der Waals surface area contributed by atoms with Crippen LogP contribution in [0, 0.1) is 6.92 Å². The van der Waals surface area contributed by atoms with E-state index in [1.54, 1.807) is 17.9 Å². The van der Waals surface area contributed by atoms with E-state index in [4.69, 9.17) is 5.14 Å². The van der Waals surface area contributed by atoms with Gasteiger partial charge in [-0.25, -0.2) is 18.5 Å². The summed E-state index contributed by atoms with van der Waals surface area (Å²) in [6, 6.07) is 5.77. The Bertz CT molecular complexity index is 982. The third-order valence-electron chi connectivity index (χ3n) is 3.34. The second kappa shape index (κ2) is 5.08. The fourth-order valence-corrected chi connectivity index (χ4v) is 2.77.